The van der Waals surface area contributed by atoms with Crippen molar-refractivity contribution in [3.05, 3.63) is 65.4 Å². The number of pyridine rings is 1. The molecule has 134 valence electrons. The summed E-state index contributed by atoms with van der Waals surface area (Å²) in [5.41, 5.74) is 3.03. The average molecular weight is 361 g/mol. The number of aromatic carboxylic acids is 2. The SMILES string of the molecule is Cc1ccc(Nc2nc3cc(C(=O)O)ccc3c3c(C(=O)O)c[nH]c23)cc1. The topological polar surface area (TPSA) is 115 Å². The maximum atomic E-state index is 11.6. The molecule has 0 bridgehead atoms. The number of aromatic amines is 1. The van der Waals surface area contributed by atoms with Gasteiger partial charge < -0.3 is 20.5 Å². The lowest BCUT2D eigenvalue weighted by atomic mass is 10.0. The van der Waals surface area contributed by atoms with Crippen LogP contribution in [0.25, 0.3) is 21.8 Å². The number of aryl methyl sites for hydroxylation is 1. The number of anilines is 2. The summed E-state index contributed by atoms with van der Waals surface area (Å²) in [6.45, 7) is 1.98. The van der Waals surface area contributed by atoms with Gasteiger partial charge >= 0.3 is 11.9 Å². The van der Waals surface area contributed by atoms with E-state index in [-0.39, 0.29) is 11.1 Å². The molecule has 7 nitrogen and oxygen atoms in total. The highest BCUT2D eigenvalue weighted by atomic mass is 16.4. The predicted molar refractivity (Wildman–Crippen MR) is 102 cm³/mol. The van der Waals surface area contributed by atoms with Crippen LogP contribution < -0.4 is 5.32 Å². The molecule has 0 unspecified atom stereocenters. The van der Waals surface area contributed by atoms with Crippen molar-refractivity contribution in [2.45, 2.75) is 6.92 Å². The molecule has 2 heterocycles. The summed E-state index contributed by atoms with van der Waals surface area (Å²) in [5, 5.41) is 23.0. The fourth-order valence-electron chi connectivity index (χ4n) is 3.07. The van der Waals surface area contributed by atoms with Crippen LogP contribution in [0.5, 0.6) is 0 Å². The number of rotatable bonds is 4. The molecule has 4 N–H and O–H groups in total. The van der Waals surface area contributed by atoms with Crippen molar-refractivity contribution < 1.29 is 19.8 Å². The Bertz CT molecular complexity index is 1210. The molecule has 4 rings (SSSR count). The number of carbonyl (C=O) groups is 2. The van der Waals surface area contributed by atoms with E-state index >= 15 is 0 Å². The molecule has 0 aliphatic rings. The van der Waals surface area contributed by atoms with E-state index in [0.717, 1.165) is 11.3 Å². The van der Waals surface area contributed by atoms with Gasteiger partial charge in [0.1, 0.15) is 0 Å². The van der Waals surface area contributed by atoms with Crippen LogP contribution in [0, 0.1) is 6.92 Å². The number of hydrogen-bond donors (Lipinski definition) is 4. The van der Waals surface area contributed by atoms with Crippen molar-refractivity contribution in [3.63, 3.8) is 0 Å². The highest BCUT2D eigenvalue weighted by Crippen LogP contribution is 2.33. The van der Waals surface area contributed by atoms with Gasteiger partial charge in [-0.2, -0.15) is 0 Å². The third-order valence-electron chi connectivity index (χ3n) is 4.41. The third-order valence-corrected chi connectivity index (χ3v) is 4.41. The van der Waals surface area contributed by atoms with Crippen LogP contribution in [-0.2, 0) is 0 Å². The number of nitrogens with one attached hydrogen (secondary N) is 2. The fraction of sp³-hybridized carbons (Fsp3) is 0.0500. The second-order valence-electron chi connectivity index (χ2n) is 6.25. The summed E-state index contributed by atoms with van der Waals surface area (Å²) in [6, 6.07) is 12.1. The molecular weight excluding hydrogens is 346 g/mol. The lowest BCUT2D eigenvalue weighted by molar-refractivity contribution is 0.0687. The Labute approximate surface area is 153 Å². The summed E-state index contributed by atoms with van der Waals surface area (Å²) < 4.78 is 0. The first-order valence-corrected chi connectivity index (χ1v) is 8.19. The number of carboxylic acid groups (broad SMARTS) is 2. The van der Waals surface area contributed by atoms with E-state index in [2.05, 4.69) is 15.3 Å². The Kier molecular flexibility index (Phi) is 3.77. The number of carboxylic acids is 2. The van der Waals surface area contributed by atoms with Crippen molar-refractivity contribution in [2.24, 2.45) is 0 Å². The van der Waals surface area contributed by atoms with E-state index in [1.807, 2.05) is 31.2 Å². The van der Waals surface area contributed by atoms with Crippen LogP contribution in [0.3, 0.4) is 0 Å². The van der Waals surface area contributed by atoms with Crippen molar-refractivity contribution in [2.75, 3.05) is 5.32 Å². The first-order valence-electron chi connectivity index (χ1n) is 8.19. The molecule has 0 spiro atoms. The molecule has 0 fully saturated rings. The van der Waals surface area contributed by atoms with Gasteiger partial charge in [-0.05, 0) is 31.2 Å². The van der Waals surface area contributed by atoms with Gasteiger partial charge in [-0.3, -0.25) is 0 Å². The van der Waals surface area contributed by atoms with Crippen LogP contribution in [0.15, 0.2) is 48.7 Å². The first-order chi connectivity index (χ1) is 12.9. The van der Waals surface area contributed by atoms with Gasteiger partial charge in [0.15, 0.2) is 5.82 Å². The maximum Gasteiger partial charge on any atom is 0.337 e. The zero-order chi connectivity index (χ0) is 19.1. The molecule has 2 aromatic carbocycles. The lowest BCUT2D eigenvalue weighted by Gasteiger charge is -2.10. The number of fused-ring (bicyclic) bond motifs is 3. The quantitative estimate of drug-likeness (QED) is 0.434. The molecule has 0 saturated heterocycles. The van der Waals surface area contributed by atoms with Crippen LogP contribution >= 0.6 is 0 Å². The molecule has 0 saturated carbocycles. The molecule has 0 aliphatic heterocycles. The van der Waals surface area contributed by atoms with Crippen molar-refractivity contribution in [3.8, 4) is 0 Å². The molecule has 27 heavy (non-hydrogen) atoms. The van der Waals surface area contributed by atoms with Crippen LogP contribution in [0.1, 0.15) is 26.3 Å². The highest BCUT2D eigenvalue weighted by molar-refractivity contribution is 6.18. The van der Waals surface area contributed by atoms with Crippen LogP contribution in [0.4, 0.5) is 11.5 Å². The fourth-order valence-corrected chi connectivity index (χ4v) is 3.07. The summed E-state index contributed by atoms with van der Waals surface area (Å²) in [6.07, 6.45) is 1.42. The Morgan fingerprint density at radius 3 is 2.44 bits per heavy atom. The van der Waals surface area contributed by atoms with Gasteiger partial charge in [0.25, 0.3) is 0 Å². The third kappa shape index (κ3) is 2.85. The lowest BCUT2D eigenvalue weighted by Crippen LogP contribution is -2.00. The Morgan fingerprint density at radius 1 is 1.04 bits per heavy atom. The summed E-state index contributed by atoms with van der Waals surface area (Å²) in [4.78, 5) is 30.5. The van der Waals surface area contributed by atoms with Gasteiger partial charge in [-0.25, -0.2) is 14.6 Å². The smallest absolute Gasteiger partial charge is 0.337 e. The second kappa shape index (κ2) is 6.14. The zero-order valence-corrected chi connectivity index (χ0v) is 14.3. The van der Waals surface area contributed by atoms with Crippen molar-refractivity contribution in [1.82, 2.24) is 9.97 Å². The van der Waals surface area contributed by atoms with Gasteiger partial charge in [0, 0.05) is 22.7 Å². The van der Waals surface area contributed by atoms with Gasteiger partial charge in [-0.15, -0.1) is 0 Å². The largest absolute Gasteiger partial charge is 0.478 e. The Hall–Kier alpha value is -3.87. The molecule has 7 heteroatoms. The van der Waals surface area contributed by atoms with E-state index in [0.29, 0.717) is 27.6 Å². The monoisotopic (exact) mass is 361 g/mol. The van der Waals surface area contributed by atoms with Crippen LogP contribution in [0.2, 0.25) is 0 Å². The summed E-state index contributed by atoms with van der Waals surface area (Å²) in [7, 11) is 0. The number of nitrogens with zero attached hydrogens (tertiary/aromatic N) is 1. The van der Waals surface area contributed by atoms with E-state index in [9.17, 15) is 19.8 Å². The van der Waals surface area contributed by atoms with Gasteiger partial charge in [-0.1, -0.05) is 23.8 Å². The molecular formula is C20H15N3O4. The molecule has 2 aromatic heterocycles. The second-order valence-corrected chi connectivity index (χ2v) is 6.25. The minimum atomic E-state index is -1.07. The zero-order valence-electron chi connectivity index (χ0n) is 14.3. The number of aromatic nitrogens is 2. The van der Waals surface area contributed by atoms with Gasteiger partial charge in [0.05, 0.1) is 22.2 Å². The van der Waals surface area contributed by atoms with Crippen molar-refractivity contribution in [1.29, 1.82) is 0 Å². The number of benzene rings is 2. The maximum absolute atomic E-state index is 11.6. The van der Waals surface area contributed by atoms with E-state index in [4.69, 9.17) is 0 Å². The summed E-state index contributed by atoms with van der Waals surface area (Å²) >= 11 is 0. The molecule has 0 amide bonds. The number of hydrogen-bond acceptors (Lipinski definition) is 4. The first kappa shape index (κ1) is 16.6. The normalized spacial score (nSPS) is 11.0. The molecule has 0 radical (unpaired) electrons. The average Bonchev–Trinajstić information content (AvgIpc) is 3.09. The van der Waals surface area contributed by atoms with Crippen molar-refractivity contribution >= 4 is 45.2 Å². The van der Waals surface area contributed by atoms with Gasteiger partial charge in [0.2, 0.25) is 0 Å². The summed E-state index contributed by atoms with van der Waals surface area (Å²) in [5.74, 6) is -1.71. The highest BCUT2D eigenvalue weighted by Gasteiger charge is 2.19. The standard InChI is InChI=1S/C20H15N3O4/c1-10-2-5-12(6-3-10)22-18-17-16(14(9-21-17)20(26)27)13-7-4-11(19(24)25)8-15(13)23-18/h2-9,21H,1H3,(H,22,23)(H,24,25)(H,26,27). The van der Waals surface area contributed by atoms with E-state index in [1.165, 1.54) is 18.3 Å². The minimum absolute atomic E-state index is 0.0862. The predicted octanol–water partition coefficient (Wildman–Crippen LogP) is 4.16. The molecule has 0 aliphatic carbocycles. The molecule has 4 aromatic rings. The minimum Gasteiger partial charge on any atom is -0.478 e. The van der Waals surface area contributed by atoms with Crippen LogP contribution in [-0.4, -0.2) is 32.1 Å². The van der Waals surface area contributed by atoms with E-state index < -0.39 is 11.9 Å². The Balaban J connectivity index is 1.99. The molecule has 0 atom stereocenters. The van der Waals surface area contributed by atoms with E-state index in [1.54, 1.807) is 6.07 Å². The number of H-pyrrole nitrogens is 1. The Morgan fingerprint density at radius 2 is 1.78 bits per heavy atom.